The Morgan fingerprint density at radius 1 is 1.11 bits per heavy atom. The number of amides is 1. The maximum absolute atomic E-state index is 12.2. The molecule has 0 atom stereocenters. The van der Waals surface area contributed by atoms with E-state index in [1.807, 2.05) is 48.5 Å². The van der Waals surface area contributed by atoms with Crippen LogP contribution in [0.4, 0.5) is 0 Å². The van der Waals surface area contributed by atoms with Crippen LogP contribution in [0.25, 0.3) is 11.3 Å². The largest absolute Gasteiger partial charge is 0.497 e. The summed E-state index contributed by atoms with van der Waals surface area (Å²) in [6.45, 7) is 0.609. The van der Waals surface area contributed by atoms with Gasteiger partial charge in [0.15, 0.2) is 0 Å². The summed E-state index contributed by atoms with van der Waals surface area (Å²) >= 11 is 0. The van der Waals surface area contributed by atoms with Crippen LogP contribution < -0.4 is 14.8 Å². The van der Waals surface area contributed by atoms with Crippen LogP contribution in [0, 0.1) is 0 Å². The van der Waals surface area contributed by atoms with Crippen molar-refractivity contribution in [2.75, 3.05) is 20.8 Å². The van der Waals surface area contributed by atoms with Crippen molar-refractivity contribution in [3.05, 3.63) is 60.3 Å². The van der Waals surface area contributed by atoms with E-state index in [9.17, 15) is 4.79 Å². The molecular weight excluding hydrogens is 344 g/mol. The van der Waals surface area contributed by atoms with Gasteiger partial charge in [0.25, 0.3) is 0 Å². The fourth-order valence-corrected chi connectivity index (χ4v) is 2.73. The highest BCUT2D eigenvalue weighted by molar-refractivity contribution is 5.75. The van der Waals surface area contributed by atoms with Gasteiger partial charge in [0, 0.05) is 12.1 Å². The molecule has 1 amide bonds. The summed E-state index contributed by atoms with van der Waals surface area (Å²) in [6, 6.07) is 15.3. The molecular formula is C20H22N4O3. The summed E-state index contributed by atoms with van der Waals surface area (Å²) < 4.78 is 12.1. The normalized spacial score (nSPS) is 10.4. The van der Waals surface area contributed by atoms with E-state index < -0.39 is 0 Å². The molecule has 7 nitrogen and oxygen atoms in total. The van der Waals surface area contributed by atoms with Crippen molar-refractivity contribution in [3.8, 4) is 22.8 Å². The van der Waals surface area contributed by atoms with Crippen LogP contribution in [-0.2, 0) is 17.8 Å². The van der Waals surface area contributed by atoms with Crippen molar-refractivity contribution in [1.29, 1.82) is 0 Å². The number of ether oxygens (including phenoxy) is 2. The second-order valence-electron chi connectivity index (χ2n) is 5.95. The average molecular weight is 366 g/mol. The van der Waals surface area contributed by atoms with E-state index in [1.165, 1.54) is 4.68 Å². The quantitative estimate of drug-likeness (QED) is 0.662. The Kier molecular flexibility index (Phi) is 6.04. The molecule has 0 aliphatic heterocycles. The predicted molar refractivity (Wildman–Crippen MR) is 102 cm³/mol. The molecule has 0 aliphatic carbocycles. The SMILES string of the molecule is COc1ccc(OC)c(CCNC(=O)Cn2cc(-c3ccccc3)nn2)c1. The van der Waals surface area contributed by atoms with E-state index in [0.29, 0.717) is 13.0 Å². The molecule has 0 bridgehead atoms. The third-order valence-electron chi connectivity index (χ3n) is 4.12. The Bertz CT molecular complexity index is 893. The smallest absolute Gasteiger partial charge is 0.241 e. The van der Waals surface area contributed by atoms with Crippen molar-refractivity contribution in [2.24, 2.45) is 0 Å². The van der Waals surface area contributed by atoms with Crippen LogP contribution in [0.2, 0.25) is 0 Å². The molecule has 1 N–H and O–H groups in total. The number of rotatable bonds is 8. The maximum Gasteiger partial charge on any atom is 0.241 e. The highest BCUT2D eigenvalue weighted by Gasteiger charge is 2.09. The second kappa shape index (κ2) is 8.84. The number of carbonyl (C=O) groups excluding carboxylic acids is 1. The molecule has 7 heteroatoms. The van der Waals surface area contributed by atoms with E-state index in [1.54, 1.807) is 20.4 Å². The minimum atomic E-state index is -0.124. The first-order valence-electron chi connectivity index (χ1n) is 8.62. The van der Waals surface area contributed by atoms with Crippen molar-refractivity contribution in [3.63, 3.8) is 0 Å². The lowest BCUT2D eigenvalue weighted by Gasteiger charge is -2.11. The lowest BCUT2D eigenvalue weighted by molar-refractivity contribution is -0.121. The predicted octanol–water partition coefficient (Wildman–Crippen LogP) is 2.32. The van der Waals surface area contributed by atoms with E-state index >= 15 is 0 Å². The molecule has 140 valence electrons. The zero-order valence-corrected chi connectivity index (χ0v) is 15.4. The van der Waals surface area contributed by atoms with Gasteiger partial charge in [-0.3, -0.25) is 4.79 Å². The number of aromatic nitrogens is 3. The summed E-state index contributed by atoms with van der Waals surface area (Å²) in [5.74, 6) is 1.41. The van der Waals surface area contributed by atoms with Crippen LogP contribution in [0.5, 0.6) is 11.5 Å². The monoisotopic (exact) mass is 366 g/mol. The molecule has 0 unspecified atom stereocenters. The van der Waals surface area contributed by atoms with Gasteiger partial charge >= 0.3 is 0 Å². The molecule has 3 rings (SSSR count). The first-order valence-corrected chi connectivity index (χ1v) is 8.62. The van der Waals surface area contributed by atoms with E-state index in [0.717, 1.165) is 28.3 Å². The first kappa shape index (κ1) is 18.4. The molecule has 1 heterocycles. The van der Waals surface area contributed by atoms with Crippen molar-refractivity contribution < 1.29 is 14.3 Å². The van der Waals surface area contributed by atoms with Crippen LogP contribution in [0.15, 0.2) is 54.7 Å². The molecule has 0 saturated heterocycles. The van der Waals surface area contributed by atoms with Crippen LogP contribution in [0.1, 0.15) is 5.56 Å². The maximum atomic E-state index is 12.2. The molecule has 0 spiro atoms. The number of benzene rings is 2. The van der Waals surface area contributed by atoms with E-state index in [-0.39, 0.29) is 12.5 Å². The Morgan fingerprint density at radius 2 is 1.93 bits per heavy atom. The standard InChI is InChI=1S/C20H22N4O3/c1-26-17-8-9-19(27-2)16(12-17)10-11-21-20(25)14-24-13-18(22-23-24)15-6-4-3-5-7-15/h3-9,12-13H,10-11,14H2,1-2H3,(H,21,25). The van der Waals surface area contributed by atoms with Gasteiger partial charge in [-0.15, -0.1) is 5.10 Å². The number of hydrogen-bond donors (Lipinski definition) is 1. The molecule has 1 aromatic heterocycles. The molecule has 0 radical (unpaired) electrons. The molecule has 3 aromatic rings. The first-order chi connectivity index (χ1) is 13.2. The van der Waals surface area contributed by atoms with Gasteiger partial charge in [0.05, 0.1) is 20.4 Å². The third kappa shape index (κ3) is 4.84. The highest BCUT2D eigenvalue weighted by Crippen LogP contribution is 2.24. The van der Waals surface area contributed by atoms with Crippen LogP contribution in [-0.4, -0.2) is 41.7 Å². The van der Waals surface area contributed by atoms with Gasteiger partial charge in [-0.25, -0.2) is 4.68 Å². The van der Waals surface area contributed by atoms with Gasteiger partial charge in [0.2, 0.25) is 5.91 Å². The third-order valence-corrected chi connectivity index (χ3v) is 4.12. The zero-order valence-electron chi connectivity index (χ0n) is 15.4. The molecule has 0 fully saturated rings. The summed E-state index contributed by atoms with van der Waals surface area (Å²) in [6.07, 6.45) is 2.40. The molecule has 27 heavy (non-hydrogen) atoms. The summed E-state index contributed by atoms with van der Waals surface area (Å²) in [5, 5.41) is 11.0. The molecule has 0 aliphatic rings. The summed E-state index contributed by atoms with van der Waals surface area (Å²) in [5.41, 5.74) is 2.68. The van der Waals surface area contributed by atoms with Crippen molar-refractivity contribution in [1.82, 2.24) is 20.3 Å². The van der Waals surface area contributed by atoms with Crippen LogP contribution >= 0.6 is 0 Å². The van der Waals surface area contributed by atoms with Gasteiger partial charge in [-0.1, -0.05) is 35.5 Å². The minimum Gasteiger partial charge on any atom is -0.497 e. The van der Waals surface area contributed by atoms with Crippen molar-refractivity contribution in [2.45, 2.75) is 13.0 Å². The Labute approximate surface area is 157 Å². The number of carbonyl (C=O) groups is 1. The minimum absolute atomic E-state index is 0.120. The number of nitrogens with zero attached hydrogens (tertiary/aromatic N) is 3. The molecule has 2 aromatic carbocycles. The van der Waals surface area contributed by atoms with E-state index in [4.69, 9.17) is 9.47 Å². The van der Waals surface area contributed by atoms with Gasteiger partial charge < -0.3 is 14.8 Å². The number of hydrogen-bond acceptors (Lipinski definition) is 5. The Balaban J connectivity index is 1.53. The fraction of sp³-hybridized carbons (Fsp3) is 0.250. The highest BCUT2D eigenvalue weighted by atomic mass is 16.5. The van der Waals surface area contributed by atoms with Crippen molar-refractivity contribution >= 4 is 5.91 Å². The topological polar surface area (TPSA) is 78.3 Å². The fourth-order valence-electron chi connectivity index (χ4n) is 2.73. The average Bonchev–Trinajstić information content (AvgIpc) is 3.17. The Hall–Kier alpha value is -3.35. The molecule has 0 saturated carbocycles. The van der Waals surface area contributed by atoms with E-state index in [2.05, 4.69) is 15.6 Å². The van der Waals surface area contributed by atoms with Gasteiger partial charge in [-0.2, -0.15) is 0 Å². The van der Waals surface area contributed by atoms with Gasteiger partial charge in [-0.05, 0) is 30.2 Å². The lowest BCUT2D eigenvalue weighted by Crippen LogP contribution is -2.29. The Morgan fingerprint density at radius 3 is 2.67 bits per heavy atom. The number of methoxy groups -OCH3 is 2. The van der Waals surface area contributed by atoms with Gasteiger partial charge in [0.1, 0.15) is 23.7 Å². The zero-order chi connectivity index (χ0) is 19.1. The summed E-state index contributed by atoms with van der Waals surface area (Å²) in [7, 11) is 3.24. The summed E-state index contributed by atoms with van der Waals surface area (Å²) in [4.78, 5) is 12.2. The number of nitrogens with one attached hydrogen (secondary N) is 1. The lowest BCUT2D eigenvalue weighted by atomic mass is 10.1. The second-order valence-corrected chi connectivity index (χ2v) is 5.95. The van der Waals surface area contributed by atoms with Crippen LogP contribution in [0.3, 0.4) is 0 Å².